The molecule has 0 aromatic carbocycles. The van der Waals surface area contributed by atoms with Crippen LogP contribution in [0.4, 0.5) is 4.79 Å². The van der Waals surface area contributed by atoms with Gasteiger partial charge in [0.25, 0.3) is 0 Å². The van der Waals surface area contributed by atoms with Crippen molar-refractivity contribution in [1.29, 1.82) is 0 Å². The normalized spacial score (nSPS) is 46.8. The number of nitrogens with zero attached hydrogens (tertiary/aromatic N) is 1. The van der Waals surface area contributed by atoms with Crippen molar-refractivity contribution in [2.24, 2.45) is 22.7 Å². The van der Waals surface area contributed by atoms with E-state index in [4.69, 9.17) is 19.3 Å². The summed E-state index contributed by atoms with van der Waals surface area (Å²) in [6, 6.07) is 0.174. The van der Waals surface area contributed by atoms with E-state index in [1.807, 2.05) is 11.8 Å². The summed E-state index contributed by atoms with van der Waals surface area (Å²) < 4.78 is 16.6. The maximum Gasteiger partial charge on any atom is 0.508 e. The lowest BCUT2D eigenvalue weighted by Gasteiger charge is -2.60. The minimum atomic E-state index is -0.726. The van der Waals surface area contributed by atoms with Crippen molar-refractivity contribution < 1.29 is 28.9 Å². The Morgan fingerprint density at radius 2 is 2.28 bits per heavy atom. The van der Waals surface area contributed by atoms with Crippen molar-refractivity contribution in [3.05, 3.63) is 6.10 Å². The molecular weight excluding hydrogens is 326 g/mol. The molecule has 5 bridgehead atoms. The molecule has 2 aliphatic heterocycles. The van der Waals surface area contributed by atoms with Crippen LogP contribution in [-0.2, 0) is 19.0 Å². The van der Waals surface area contributed by atoms with Gasteiger partial charge in [-0.3, -0.25) is 4.79 Å². The Labute approximate surface area is 146 Å². The van der Waals surface area contributed by atoms with Gasteiger partial charge in [-0.1, -0.05) is 0 Å². The van der Waals surface area contributed by atoms with Crippen LogP contribution in [0.5, 0.6) is 0 Å². The smallest absolute Gasteiger partial charge is 0.433 e. The van der Waals surface area contributed by atoms with E-state index >= 15 is 0 Å². The van der Waals surface area contributed by atoms with Gasteiger partial charge in [0.2, 0.25) is 12.0 Å². The van der Waals surface area contributed by atoms with Crippen LogP contribution in [0.1, 0.15) is 32.6 Å². The molecule has 2 spiro atoms. The molecule has 7 nitrogen and oxygen atoms in total. The highest BCUT2D eigenvalue weighted by molar-refractivity contribution is 5.88. The number of cyclic esters (lactones) is 1. The molecule has 7 heteroatoms. The number of amides is 1. The zero-order valence-electron chi connectivity index (χ0n) is 14.4. The number of likely N-dealkylation sites (tertiary alicyclic amines) is 1. The summed E-state index contributed by atoms with van der Waals surface area (Å²) >= 11 is 0. The Bertz CT molecular complexity index is 625. The third-order valence-electron chi connectivity index (χ3n) is 7.52. The lowest BCUT2D eigenvalue weighted by molar-refractivity contribution is -0.221. The van der Waals surface area contributed by atoms with Crippen molar-refractivity contribution in [2.75, 3.05) is 26.4 Å². The van der Waals surface area contributed by atoms with Gasteiger partial charge in [0, 0.05) is 18.4 Å². The number of hydrogen-bond acceptors (Lipinski definition) is 6. The van der Waals surface area contributed by atoms with Crippen LogP contribution >= 0.6 is 0 Å². The Balaban J connectivity index is 1.58. The van der Waals surface area contributed by atoms with Gasteiger partial charge < -0.3 is 19.5 Å². The number of carbonyl (C=O) groups excluding carboxylic acids is 2. The highest BCUT2D eigenvalue weighted by Gasteiger charge is 2.84. The molecule has 3 unspecified atom stereocenters. The van der Waals surface area contributed by atoms with Gasteiger partial charge in [0.15, 0.2) is 5.92 Å². The van der Waals surface area contributed by atoms with Crippen molar-refractivity contribution >= 4 is 12.1 Å². The zero-order chi connectivity index (χ0) is 17.4. The Morgan fingerprint density at radius 1 is 1.44 bits per heavy atom. The van der Waals surface area contributed by atoms with Gasteiger partial charge in [-0.05, 0) is 25.7 Å². The van der Waals surface area contributed by atoms with Gasteiger partial charge >= 0.3 is 6.16 Å². The fraction of sp³-hybridized carbons (Fsp3) is 0.833. The van der Waals surface area contributed by atoms with Gasteiger partial charge in [-0.25, -0.2) is 4.79 Å². The van der Waals surface area contributed by atoms with Gasteiger partial charge in [0.05, 0.1) is 12.6 Å². The number of piperidine rings is 1. The quantitative estimate of drug-likeness (QED) is 0.604. The molecule has 6 atom stereocenters. The molecule has 0 aromatic rings. The fourth-order valence-corrected chi connectivity index (χ4v) is 6.86. The van der Waals surface area contributed by atoms with Crippen molar-refractivity contribution in [3.8, 4) is 0 Å². The average molecular weight is 350 g/mol. The Morgan fingerprint density at radius 3 is 3.04 bits per heavy atom. The predicted molar refractivity (Wildman–Crippen MR) is 84.0 cm³/mol. The highest BCUT2D eigenvalue weighted by atomic mass is 16.7. The van der Waals surface area contributed by atoms with E-state index < -0.39 is 11.6 Å². The molecule has 25 heavy (non-hydrogen) atoms. The third-order valence-corrected chi connectivity index (χ3v) is 7.52. The summed E-state index contributed by atoms with van der Waals surface area (Å²) in [5, 5.41) is 9.11. The molecule has 2 heterocycles. The Kier molecular flexibility index (Phi) is 3.18. The first kappa shape index (κ1) is 15.8. The van der Waals surface area contributed by atoms with Crippen molar-refractivity contribution in [2.45, 2.75) is 44.8 Å². The van der Waals surface area contributed by atoms with E-state index in [9.17, 15) is 9.59 Å². The van der Waals surface area contributed by atoms with Crippen LogP contribution in [0.3, 0.4) is 0 Å². The predicted octanol–water partition coefficient (Wildman–Crippen LogP) is 1.10. The van der Waals surface area contributed by atoms with Crippen molar-refractivity contribution in [3.63, 3.8) is 0 Å². The number of aliphatic hydroxyl groups excluding tert-OH is 1. The largest absolute Gasteiger partial charge is 0.508 e. The molecule has 1 N–H and O–H groups in total. The molecule has 3 aliphatic carbocycles. The molecule has 2 saturated heterocycles. The summed E-state index contributed by atoms with van der Waals surface area (Å²) in [5.41, 5.74) is -0.723. The SMILES string of the molecule is CCN1C(=O)[C@]23COC(=O)O[C@@H]2CCC24C[C+](OCCO)C(CC23)[C@@H]14. The monoisotopic (exact) mass is 350 g/mol. The van der Waals surface area contributed by atoms with Gasteiger partial charge in [-0.2, -0.15) is 4.74 Å². The average Bonchev–Trinajstić information content (AvgIpc) is 3.06. The van der Waals surface area contributed by atoms with Crippen LogP contribution in [0.2, 0.25) is 0 Å². The topological polar surface area (TPSA) is 85.3 Å². The maximum atomic E-state index is 13.5. The minimum Gasteiger partial charge on any atom is -0.433 e. The fourth-order valence-electron chi connectivity index (χ4n) is 6.86. The lowest BCUT2D eigenvalue weighted by Crippen LogP contribution is -2.72. The summed E-state index contributed by atoms with van der Waals surface area (Å²) in [7, 11) is 0. The second-order valence-electron chi connectivity index (χ2n) is 8.10. The highest BCUT2D eigenvalue weighted by Crippen LogP contribution is 2.74. The first-order valence-electron chi connectivity index (χ1n) is 9.32. The lowest BCUT2D eigenvalue weighted by atomic mass is 9.50. The second kappa shape index (κ2) is 5.04. The number of rotatable bonds is 4. The molecule has 1 amide bonds. The first-order chi connectivity index (χ1) is 12.1. The third kappa shape index (κ3) is 1.66. The van der Waals surface area contributed by atoms with E-state index in [2.05, 4.69) is 0 Å². The van der Waals surface area contributed by atoms with E-state index in [-0.39, 0.29) is 48.5 Å². The summed E-state index contributed by atoms with van der Waals surface area (Å²) in [6.45, 7) is 3.12. The molecule has 3 saturated carbocycles. The summed E-state index contributed by atoms with van der Waals surface area (Å²) in [6.07, 6.45) is 3.41. The molecule has 0 radical (unpaired) electrons. The Hall–Kier alpha value is -1.47. The molecular formula is C18H24NO6+. The zero-order valence-corrected chi connectivity index (χ0v) is 14.4. The van der Waals surface area contributed by atoms with Gasteiger partial charge in [-0.15, -0.1) is 0 Å². The summed E-state index contributed by atoms with van der Waals surface area (Å²) in [5.74, 6) is 0.485. The summed E-state index contributed by atoms with van der Waals surface area (Å²) in [4.78, 5) is 27.1. The molecule has 5 aliphatic rings. The van der Waals surface area contributed by atoms with Crippen LogP contribution in [0, 0.1) is 28.8 Å². The number of hydrogen-bond donors (Lipinski definition) is 1. The minimum absolute atomic E-state index is 0.00296. The number of carbonyl (C=O) groups is 2. The maximum absolute atomic E-state index is 13.5. The van der Waals surface area contributed by atoms with Crippen molar-refractivity contribution in [1.82, 2.24) is 4.90 Å². The van der Waals surface area contributed by atoms with Crippen LogP contribution in [0.25, 0.3) is 0 Å². The van der Waals surface area contributed by atoms with E-state index in [1.165, 1.54) is 0 Å². The molecule has 0 aromatic heterocycles. The first-order valence-corrected chi connectivity index (χ1v) is 9.32. The van der Waals surface area contributed by atoms with Crippen LogP contribution in [0.15, 0.2) is 0 Å². The molecule has 136 valence electrons. The number of aliphatic hydroxyl groups is 1. The van der Waals surface area contributed by atoms with E-state index in [0.717, 1.165) is 25.4 Å². The van der Waals surface area contributed by atoms with Crippen LogP contribution < -0.4 is 0 Å². The molecule has 5 rings (SSSR count). The number of ether oxygens (including phenoxy) is 3. The van der Waals surface area contributed by atoms with E-state index in [1.54, 1.807) is 0 Å². The van der Waals surface area contributed by atoms with Gasteiger partial charge in [0.1, 0.15) is 31.2 Å². The molecule has 5 fully saturated rings. The van der Waals surface area contributed by atoms with E-state index in [0.29, 0.717) is 19.6 Å². The second-order valence-corrected chi connectivity index (χ2v) is 8.10. The standard InChI is InChI=1S/C18H24NO6/c1-2-19-14-10-7-12-17(14,8-11(10)23-6-5-20)4-3-13-18(12,15(19)21)9-24-16(22)25-13/h10,12-14,20H,2-9H2,1H3/q+1/t10?,12?,13-,14-,17?,18+/m1/s1. The van der Waals surface area contributed by atoms with Crippen LogP contribution in [-0.4, -0.2) is 60.6 Å².